The Labute approximate surface area is 71.7 Å². The molecule has 0 N–H and O–H groups in total. The quantitative estimate of drug-likeness (QED) is 0.481. The van der Waals surface area contributed by atoms with Gasteiger partial charge in [-0.05, 0) is 6.42 Å². The molecule has 0 bridgehead atoms. The van der Waals surface area contributed by atoms with Gasteiger partial charge in [0.1, 0.15) is 11.5 Å². The van der Waals surface area contributed by atoms with Gasteiger partial charge in [-0.2, -0.15) is 0 Å². The lowest BCUT2D eigenvalue weighted by Gasteiger charge is -2.06. The molecule has 0 fully saturated rings. The molecule has 0 aromatic heterocycles. The highest BCUT2D eigenvalue weighted by atomic mass is 35.5. The minimum Gasteiger partial charge on any atom is -0.302 e. The number of alkyl halides is 1. The zero-order valence-electron chi connectivity index (χ0n) is 6.29. The Morgan fingerprint density at radius 2 is 2.09 bits per heavy atom. The fourth-order valence-electron chi connectivity index (χ4n) is 0.694. The molecule has 3 nitrogen and oxygen atoms in total. The van der Waals surface area contributed by atoms with E-state index in [1.54, 1.807) is 6.92 Å². The van der Waals surface area contributed by atoms with E-state index in [0.29, 0.717) is 12.7 Å². The Kier molecular flexibility index (Phi) is 4.68. The molecular weight excluding hydrogens is 188 g/mol. The fraction of sp³-hybridized carbons (Fsp3) is 0.833. The first-order valence-corrected chi connectivity index (χ1v) is 5.56. The second-order valence-corrected chi connectivity index (χ2v) is 4.86. The van der Waals surface area contributed by atoms with Crippen LogP contribution >= 0.6 is 11.6 Å². The van der Waals surface area contributed by atoms with Crippen molar-refractivity contribution in [2.24, 2.45) is 0 Å². The summed E-state index contributed by atoms with van der Waals surface area (Å²) in [6.45, 7) is 1.66. The highest BCUT2D eigenvalue weighted by molar-refractivity contribution is 7.92. The van der Waals surface area contributed by atoms with Crippen molar-refractivity contribution in [1.29, 1.82) is 0 Å². The van der Waals surface area contributed by atoms with E-state index < -0.39 is 15.1 Å². The van der Waals surface area contributed by atoms with Crippen LogP contribution in [-0.4, -0.2) is 31.6 Å². The Bertz CT molecular complexity index is 210. The highest BCUT2D eigenvalue weighted by Crippen LogP contribution is 2.04. The number of rotatable bonds is 5. The monoisotopic (exact) mass is 198 g/mol. The molecule has 0 aliphatic rings. The maximum Gasteiger partial charge on any atom is 0.161 e. The molecule has 1 atom stereocenters. The molecule has 11 heavy (non-hydrogen) atoms. The number of carbonyl (C=O) groups excluding carboxylic acids is 1. The van der Waals surface area contributed by atoms with E-state index in [4.69, 9.17) is 11.6 Å². The van der Waals surface area contributed by atoms with Gasteiger partial charge in [-0.25, -0.2) is 8.42 Å². The van der Waals surface area contributed by atoms with E-state index in [2.05, 4.69) is 0 Å². The van der Waals surface area contributed by atoms with E-state index in [1.165, 1.54) is 0 Å². The zero-order chi connectivity index (χ0) is 8.91. The third-order valence-electron chi connectivity index (χ3n) is 1.38. The van der Waals surface area contributed by atoms with Gasteiger partial charge in [-0.3, -0.25) is 0 Å². The van der Waals surface area contributed by atoms with Gasteiger partial charge in [0.25, 0.3) is 0 Å². The molecule has 0 spiro atoms. The first-order chi connectivity index (χ1) is 5.08. The van der Waals surface area contributed by atoms with Crippen molar-refractivity contribution in [2.75, 3.05) is 11.6 Å². The Hall–Kier alpha value is -0.0900. The third kappa shape index (κ3) is 3.20. The van der Waals surface area contributed by atoms with E-state index in [9.17, 15) is 13.2 Å². The zero-order valence-corrected chi connectivity index (χ0v) is 7.86. The van der Waals surface area contributed by atoms with Gasteiger partial charge >= 0.3 is 0 Å². The van der Waals surface area contributed by atoms with Crippen molar-refractivity contribution >= 4 is 27.7 Å². The van der Waals surface area contributed by atoms with Crippen molar-refractivity contribution in [3.63, 3.8) is 0 Å². The topological polar surface area (TPSA) is 51.2 Å². The summed E-state index contributed by atoms with van der Waals surface area (Å²) in [7, 11) is -3.27. The predicted octanol–water partition coefficient (Wildman–Crippen LogP) is 0.618. The normalized spacial score (nSPS) is 14.4. The van der Waals surface area contributed by atoms with Crippen LogP contribution in [-0.2, 0) is 14.6 Å². The van der Waals surface area contributed by atoms with Gasteiger partial charge in [0.2, 0.25) is 0 Å². The summed E-state index contributed by atoms with van der Waals surface area (Å²) in [5.41, 5.74) is 0. The molecular formula is C6H11ClO3S. The molecule has 0 aliphatic carbocycles. The molecule has 1 unspecified atom stereocenters. The van der Waals surface area contributed by atoms with Crippen LogP contribution in [0.4, 0.5) is 0 Å². The summed E-state index contributed by atoms with van der Waals surface area (Å²) in [6.07, 6.45) is 0.782. The average molecular weight is 199 g/mol. The fourth-order valence-corrected chi connectivity index (χ4v) is 2.53. The van der Waals surface area contributed by atoms with Crippen LogP contribution in [0.1, 0.15) is 13.3 Å². The Balaban J connectivity index is 4.38. The van der Waals surface area contributed by atoms with E-state index in [-0.39, 0.29) is 11.6 Å². The van der Waals surface area contributed by atoms with Crippen molar-refractivity contribution in [3.8, 4) is 0 Å². The van der Waals surface area contributed by atoms with Crippen LogP contribution in [0.5, 0.6) is 0 Å². The molecule has 66 valence electrons. The molecule has 0 saturated heterocycles. The van der Waals surface area contributed by atoms with Crippen LogP contribution in [0.15, 0.2) is 0 Å². The van der Waals surface area contributed by atoms with Gasteiger partial charge < -0.3 is 4.79 Å². The summed E-state index contributed by atoms with van der Waals surface area (Å²) in [4.78, 5) is 10.2. The average Bonchev–Trinajstić information content (AvgIpc) is 1.89. The molecule has 0 aromatic rings. The minimum atomic E-state index is -3.27. The number of aldehydes is 1. The van der Waals surface area contributed by atoms with Gasteiger partial charge in [-0.15, -0.1) is 11.6 Å². The standard InChI is InChI=1S/C6H11ClO3S/c1-2-6(5-8)11(9,10)4-3-7/h5-6H,2-4H2,1H3. The Morgan fingerprint density at radius 1 is 1.55 bits per heavy atom. The van der Waals surface area contributed by atoms with Crippen LogP contribution in [0, 0.1) is 0 Å². The van der Waals surface area contributed by atoms with E-state index in [1.807, 2.05) is 0 Å². The smallest absolute Gasteiger partial charge is 0.161 e. The molecule has 0 radical (unpaired) electrons. The minimum absolute atomic E-state index is 0.0483. The molecule has 0 aromatic carbocycles. The number of hydrogen-bond acceptors (Lipinski definition) is 3. The van der Waals surface area contributed by atoms with Gasteiger partial charge in [-0.1, -0.05) is 6.92 Å². The molecule has 0 saturated carbocycles. The predicted molar refractivity (Wildman–Crippen MR) is 44.6 cm³/mol. The van der Waals surface area contributed by atoms with Crippen LogP contribution in [0.2, 0.25) is 0 Å². The number of carbonyl (C=O) groups is 1. The Morgan fingerprint density at radius 3 is 2.36 bits per heavy atom. The van der Waals surface area contributed by atoms with E-state index >= 15 is 0 Å². The van der Waals surface area contributed by atoms with Crippen molar-refractivity contribution < 1.29 is 13.2 Å². The second-order valence-electron chi connectivity index (χ2n) is 2.14. The maximum absolute atomic E-state index is 11.1. The SMILES string of the molecule is CCC(C=O)S(=O)(=O)CCCl. The summed E-state index contributed by atoms with van der Waals surface area (Å²) >= 11 is 5.25. The van der Waals surface area contributed by atoms with E-state index in [0.717, 1.165) is 0 Å². The summed E-state index contributed by atoms with van der Waals surface area (Å²) < 4.78 is 22.2. The first kappa shape index (κ1) is 10.9. The van der Waals surface area contributed by atoms with Gasteiger partial charge in [0.15, 0.2) is 9.84 Å². The summed E-state index contributed by atoms with van der Waals surface area (Å²) in [5.74, 6) is -0.0710. The van der Waals surface area contributed by atoms with Crippen LogP contribution < -0.4 is 0 Å². The number of halogens is 1. The van der Waals surface area contributed by atoms with Crippen LogP contribution in [0.25, 0.3) is 0 Å². The summed E-state index contributed by atoms with van der Waals surface area (Å²) in [5, 5.41) is -0.874. The molecule has 0 amide bonds. The second kappa shape index (κ2) is 4.72. The number of sulfone groups is 1. The maximum atomic E-state index is 11.1. The van der Waals surface area contributed by atoms with Crippen LogP contribution in [0.3, 0.4) is 0 Å². The largest absolute Gasteiger partial charge is 0.302 e. The lowest BCUT2D eigenvalue weighted by Crippen LogP contribution is -2.25. The molecule has 0 rings (SSSR count). The van der Waals surface area contributed by atoms with Gasteiger partial charge in [0, 0.05) is 5.88 Å². The van der Waals surface area contributed by atoms with Crippen molar-refractivity contribution in [1.82, 2.24) is 0 Å². The highest BCUT2D eigenvalue weighted by Gasteiger charge is 2.21. The lowest BCUT2D eigenvalue weighted by atomic mass is 10.4. The first-order valence-electron chi connectivity index (χ1n) is 3.31. The summed E-state index contributed by atoms with van der Waals surface area (Å²) in [6, 6.07) is 0. The molecule has 0 aliphatic heterocycles. The number of hydrogen-bond donors (Lipinski definition) is 0. The van der Waals surface area contributed by atoms with Gasteiger partial charge in [0.05, 0.1) is 5.75 Å². The van der Waals surface area contributed by atoms with Crippen molar-refractivity contribution in [3.05, 3.63) is 0 Å². The van der Waals surface area contributed by atoms with Crippen molar-refractivity contribution in [2.45, 2.75) is 18.6 Å². The molecule has 0 heterocycles. The molecule has 5 heteroatoms. The third-order valence-corrected chi connectivity index (χ3v) is 3.93. The lowest BCUT2D eigenvalue weighted by molar-refractivity contribution is -0.107.